The lowest BCUT2D eigenvalue weighted by atomic mass is 10.8. The third-order valence-electron chi connectivity index (χ3n) is 1.59. The van der Waals surface area contributed by atoms with Gasteiger partial charge in [0.15, 0.2) is 0 Å². The van der Waals surface area contributed by atoms with Crippen molar-refractivity contribution in [3.63, 3.8) is 0 Å². The van der Waals surface area contributed by atoms with Gasteiger partial charge in [-0.2, -0.15) is 0 Å². The monoisotopic (exact) mass is 276 g/mol. The second-order valence-electron chi connectivity index (χ2n) is 2.68. The van der Waals surface area contributed by atoms with E-state index >= 15 is 0 Å². The third-order valence-corrected chi connectivity index (χ3v) is 3.86. The van der Waals surface area contributed by atoms with Crippen molar-refractivity contribution in [2.45, 2.75) is 13.2 Å². The molecule has 0 aromatic carbocycles. The van der Waals surface area contributed by atoms with Gasteiger partial charge in [-0.05, 0) is 0 Å². The molecule has 5 nitrogen and oxygen atoms in total. The summed E-state index contributed by atoms with van der Waals surface area (Å²) >= 11 is 2.91. The van der Waals surface area contributed by atoms with Gasteiger partial charge < -0.3 is 9.05 Å². The van der Waals surface area contributed by atoms with Crippen LogP contribution >= 0.6 is 30.9 Å². The zero-order valence-electron chi connectivity index (χ0n) is 8.16. The van der Waals surface area contributed by atoms with Crippen molar-refractivity contribution in [2.24, 2.45) is 0 Å². The van der Waals surface area contributed by atoms with Crippen LogP contribution in [0.3, 0.4) is 0 Å². The van der Waals surface area contributed by atoms with Crippen LogP contribution in [-0.4, -0.2) is 9.97 Å². The molecule has 2 rings (SSSR count). The highest BCUT2D eigenvalue weighted by atomic mass is 32.1. The molecule has 0 saturated carbocycles. The number of aromatic nitrogens is 2. The Kier molecular flexibility index (Phi) is 4.62. The molecule has 2 aromatic rings. The molecule has 0 radical (unpaired) electrons. The number of hydrogen-bond acceptors (Lipinski definition) is 7. The highest BCUT2D eigenvalue weighted by molar-refractivity contribution is 7.33. The summed E-state index contributed by atoms with van der Waals surface area (Å²) < 4.78 is 21.4. The number of thiazole rings is 2. The first-order valence-corrected chi connectivity index (χ1v) is 7.39. The van der Waals surface area contributed by atoms with E-state index in [1.165, 1.54) is 22.7 Å². The molecule has 0 aliphatic rings. The fraction of sp³-hybridized carbons (Fsp3) is 0.250. The van der Waals surface area contributed by atoms with Crippen LogP contribution in [0.25, 0.3) is 0 Å². The maximum absolute atomic E-state index is 11.3. The minimum atomic E-state index is -2.46. The standard InChI is InChI=1S/C8H9N2O3PS2/c11-14(12-5-7-9-1-3-15-7)13-6-8-10-2-4-16-8/h1-4,14H,5-6H2. The van der Waals surface area contributed by atoms with Crippen LogP contribution in [0.1, 0.15) is 10.0 Å². The maximum atomic E-state index is 11.3. The predicted molar refractivity (Wildman–Crippen MR) is 62.8 cm³/mol. The first-order chi connectivity index (χ1) is 7.84. The Balaban J connectivity index is 1.69. The molecule has 0 N–H and O–H groups in total. The van der Waals surface area contributed by atoms with Gasteiger partial charge >= 0.3 is 8.25 Å². The SMILES string of the molecule is O=[PH](OCc1nccs1)OCc1nccs1. The average Bonchev–Trinajstić information content (AvgIpc) is 2.96. The molecule has 0 unspecified atom stereocenters. The van der Waals surface area contributed by atoms with Crippen molar-refractivity contribution in [1.82, 2.24) is 9.97 Å². The molecule has 2 aromatic heterocycles. The molecule has 0 fully saturated rings. The second kappa shape index (κ2) is 6.22. The smallest absolute Gasteiger partial charge is 0.303 e. The van der Waals surface area contributed by atoms with Crippen molar-refractivity contribution in [2.75, 3.05) is 0 Å². The number of rotatable bonds is 6. The predicted octanol–water partition coefficient (Wildman–Crippen LogP) is 2.72. The number of nitrogens with zero attached hydrogens (tertiary/aromatic N) is 2. The van der Waals surface area contributed by atoms with Crippen molar-refractivity contribution in [3.8, 4) is 0 Å². The van der Waals surface area contributed by atoms with Gasteiger partial charge in [0, 0.05) is 23.2 Å². The van der Waals surface area contributed by atoms with E-state index in [1.807, 2.05) is 10.8 Å². The molecule has 16 heavy (non-hydrogen) atoms. The lowest BCUT2D eigenvalue weighted by Gasteiger charge is -2.02. The van der Waals surface area contributed by atoms with Crippen molar-refractivity contribution >= 4 is 30.9 Å². The summed E-state index contributed by atoms with van der Waals surface area (Å²) in [4.78, 5) is 8.01. The molecular formula is C8H9N2O3PS2. The van der Waals surface area contributed by atoms with Crippen LogP contribution in [0.15, 0.2) is 23.2 Å². The summed E-state index contributed by atoms with van der Waals surface area (Å²) in [5.41, 5.74) is 0. The van der Waals surface area contributed by atoms with E-state index < -0.39 is 8.25 Å². The van der Waals surface area contributed by atoms with Crippen LogP contribution in [0.2, 0.25) is 0 Å². The lowest BCUT2D eigenvalue weighted by Crippen LogP contribution is -1.88. The van der Waals surface area contributed by atoms with Gasteiger partial charge in [0.25, 0.3) is 0 Å². The van der Waals surface area contributed by atoms with E-state index in [9.17, 15) is 4.57 Å². The molecular weight excluding hydrogens is 267 g/mol. The zero-order chi connectivity index (χ0) is 11.2. The van der Waals surface area contributed by atoms with Gasteiger partial charge in [-0.1, -0.05) is 0 Å². The fourth-order valence-electron chi connectivity index (χ4n) is 0.931. The quantitative estimate of drug-likeness (QED) is 0.759. The Morgan fingerprint density at radius 3 is 1.94 bits per heavy atom. The third kappa shape index (κ3) is 3.77. The van der Waals surface area contributed by atoms with Crippen molar-refractivity contribution in [1.29, 1.82) is 0 Å². The van der Waals surface area contributed by atoms with Crippen LogP contribution in [0, 0.1) is 0 Å². The number of hydrogen-bond donors (Lipinski definition) is 0. The van der Waals surface area contributed by atoms with Crippen LogP contribution in [-0.2, 0) is 26.8 Å². The summed E-state index contributed by atoms with van der Waals surface area (Å²) in [6.07, 6.45) is 3.36. The van der Waals surface area contributed by atoms with Crippen LogP contribution in [0.5, 0.6) is 0 Å². The van der Waals surface area contributed by atoms with E-state index in [-0.39, 0.29) is 13.2 Å². The molecule has 0 amide bonds. The first-order valence-electron chi connectivity index (χ1n) is 4.41. The summed E-state index contributed by atoms with van der Waals surface area (Å²) in [7, 11) is -2.46. The molecule has 8 heteroatoms. The molecule has 0 aliphatic carbocycles. The van der Waals surface area contributed by atoms with Gasteiger partial charge in [0.1, 0.15) is 23.2 Å². The molecule has 0 atom stereocenters. The van der Waals surface area contributed by atoms with Crippen LogP contribution < -0.4 is 0 Å². The Morgan fingerprint density at radius 1 is 1.06 bits per heavy atom. The molecule has 0 spiro atoms. The Labute approximate surface area is 101 Å². The maximum Gasteiger partial charge on any atom is 0.319 e. The Morgan fingerprint density at radius 2 is 1.56 bits per heavy atom. The highest BCUT2D eigenvalue weighted by Gasteiger charge is 2.04. The highest BCUT2D eigenvalue weighted by Crippen LogP contribution is 2.27. The molecule has 0 bridgehead atoms. The minimum Gasteiger partial charge on any atom is -0.303 e. The zero-order valence-corrected chi connectivity index (χ0v) is 10.8. The van der Waals surface area contributed by atoms with E-state index in [0.29, 0.717) is 0 Å². The minimum absolute atomic E-state index is 0.229. The summed E-state index contributed by atoms with van der Waals surface area (Å²) in [6.45, 7) is 0.459. The average molecular weight is 276 g/mol. The summed E-state index contributed by atoms with van der Waals surface area (Å²) in [6, 6.07) is 0. The lowest BCUT2D eigenvalue weighted by molar-refractivity contribution is 0.212. The summed E-state index contributed by atoms with van der Waals surface area (Å²) in [5, 5.41) is 5.26. The Hall–Kier alpha value is -0.590. The van der Waals surface area contributed by atoms with E-state index in [0.717, 1.165) is 10.0 Å². The van der Waals surface area contributed by atoms with E-state index in [1.54, 1.807) is 12.4 Å². The van der Waals surface area contributed by atoms with Gasteiger partial charge in [0.2, 0.25) is 0 Å². The van der Waals surface area contributed by atoms with Gasteiger partial charge in [-0.25, -0.2) is 9.97 Å². The molecule has 2 heterocycles. The van der Waals surface area contributed by atoms with Crippen LogP contribution in [0.4, 0.5) is 0 Å². The Bertz CT molecular complexity index is 392. The van der Waals surface area contributed by atoms with Crippen molar-refractivity contribution in [3.05, 3.63) is 33.2 Å². The van der Waals surface area contributed by atoms with Gasteiger partial charge in [-0.15, -0.1) is 22.7 Å². The van der Waals surface area contributed by atoms with E-state index in [2.05, 4.69) is 9.97 Å². The fourth-order valence-corrected chi connectivity index (χ4v) is 2.79. The molecule has 0 saturated heterocycles. The second-order valence-corrected chi connectivity index (χ2v) is 5.71. The normalized spacial score (nSPS) is 11.1. The first kappa shape index (κ1) is 11.9. The van der Waals surface area contributed by atoms with Gasteiger partial charge in [0.05, 0.1) is 0 Å². The molecule has 0 aliphatic heterocycles. The van der Waals surface area contributed by atoms with E-state index in [4.69, 9.17) is 9.05 Å². The van der Waals surface area contributed by atoms with Crippen molar-refractivity contribution < 1.29 is 13.6 Å². The molecule has 86 valence electrons. The summed E-state index contributed by atoms with van der Waals surface area (Å²) in [5.74, 6) is 0. The largest absolute Gasteiger partial charge is 0.319 e. The van der Waals surface area contributed by atoms with Gasteiger partial charge in [-0.3, -0.25) is 4.57 Å². The topological polar surface area (TPSA) is 61.3 Å².